The maximum absolute atomic E-state index is 14.4. The van der Waals surface area contributed by atoms with Crippen LogP contribution in [-0.2, 0) is 14.4 Å². The van der Waals surface area contributed by atoms with E-state index in [0.29, 0.717) is 32.4 Å². The number of alkyl halides is 1. The van der Waals surface area contributed by atoms with Crippen LogP contribution in [-0.4, -0.2) is 53.1 Å². The molecule has 1 aliphatic heterocycles. The number of halogens is 1. The van der Waals surface area contributed by atoms with E-state index in [2.05, 4.69) is 5.32 Å². The van der Waals surface area contributed by atoms with Crippen molar-refractivity contribution in [3.05, 3.63) is 0 Å². The van der Waals surface area contributed by atoms with Crippen LogP contribution in [0.15, 0.2) is 0 Å². The van der Waals surface area contributed by atoms with Gasteiger partial charge in [-0.1, -0.05) is 40.5 Å². The Balaban J connectivity index is 2.87. The number of likely N-dealkylation sites (tertiary alicyclic amines) is 1. The summed E-state index contributed by atoms with van der Waals surface area (Å²) in [6.07, 6.45) is 0.542. The molecule has 3 atom stereocenters. The SMILES string of the molecule is CCCC[C@@H](C(=O)N1CCCC1C(=O)NCC(C)(C)C)[C@@H](F)C(=O)NO. The van der Waals surface area contributed by atoms with Gasteiger partial charge in [-0.3, -0.25) is 19.6 Å². The van der Waals surface area contributed by atoms with Gasteiger partial charge in [-0.05, 0) is 24.7 Å². The Morgan fingerprint density at radius 2 is 1.96 bits per heavy atom. The summed E-state index contributed by atoms with van der Waals surface area (Å²) in [5, 5.41) is 11.5. The van der Waals surface area contributed by atoms with Gasteiger partial charge in [-0.25, -0.2) is 9.87 Å². The van der Waals surface area contributed by atoms with Gasteiger partial charge in [0.25, 0.3) is 5.91 Å². The molecule has 1 rings (SSSR count). The van der Waals surface area contributed by atoms with E-state index in [0.717, 1.165) is 6.42 Å². The predicted octanol–water partition coefficient (Wildman–Crippen LogP) is 1.79. The standard InChI is InChI=1S/C18H32FN3O4/c1-5-6-8-12(14(19)16(24)21-26)17(25)22-10-7-9-13(22)15(23)20-11-18(2,3)4/h12-14,26H,5-11H2,1-4H3,(H,20,23)(H,21,24)/t12-,13?,14-/m1/s1. The average Bonchev–Trinajstić information content (AvgIpc) is 3.07. The summed E-state index contributed by atoms with van der Waals surface area (Å²) in [6.45, 7) is 8.72. The van der Waals surface area contributed by atoms with E-state index >= 15 is 0 Å². The molecule has 7 nitrogen and oxygen atoms in total. The Morgan fingerprint density at radius 3 is 2.50 bits per heavy atom. The molecule has 0 aromatic rings. The van der Waals surface area contributed by atoms with Crippen LogP contribution in [0.2, 0.25) is 0 Å². The van der Waals surface area contributed by atoms with Crippen LogP contribution in [0.5, 0.6) is 0 Å². The first kappa shape index (κ1) is 22.3. The zero-order chi connectivity index (χ0) is 19.9. The minimum Gasteiger partial charge on any atom is -0.354 e. The van der Waals surface area contributed by atoms with Crippen molar-refractivity contribution in [2.45, 2.75) is 72.0 Å². The second-order valence-corrected chi connectivity index (χ2v) is 8.09. The van der Waals surface area contributed by atoms with Crippen molar-refractivity contribution in [3.63, 3.8) is 0 Å². The maximum atomic E-state index is 14.4. The second-order valence-electron chi connectivity index (χ2n) is 8.09. The molecule has 1 saturated heterocycles. The number of carbonyl (C=O) groups is 3. The Hall–Kier alpha value is -1.70. The Kier molecular flexibility index (Phi) is 8.46. The summed E-state index contributed by atoms with van der Waals surface area (Å²) >= 11 is 0. The van der Waals surface area contributed by atoms with Gasteiger partial charge in [0.2, 0.25) is 11.8 Å². The van der Waals surface area contributed by atoms with E-state index in [1.807, 2.05) is 27.7 Å². The number of hydrogen-bond acceptors (Lipinski definition) is 4. The summed E-state index contributed by atoms with van der Waals surface area (Å²) in [6, 6.07) is -0.640. The van der Waals surface area contributed by atoms with Gasteiger partial charge in [0.15, 0.2) is 6.17 Å². The van der Waals surface area contributed by atoms with E-state index in [4.69, 9.17) is 5.21 Å². The van der Waals surface area contributed by atoms with Crippen LogP contribution in [0.4, 0.5) is 4.39 Å². The molecule has 1 aliphatic rings. The zero-order valence-electron chi connectivity index (χ0n) is 16.2. The molecule has 0 saturated carbocycles. The molecule has 26 heavy (non-hydrogen) atoms. The van der Waals surface area contributed by atoms with Gasteiger partial charge >= 0.3 is 0 Å². The van der Waals surface area contributed by atoms with Gasteiger partial charge in [0.1, 0.15) is 6.04 Å². The fraction of sp³-hybridized carbons (Fsp3) is 0.833. The first-order valence-corrected chi connectivity index (χ1v) is 9.28. The first-order valence-electron chi connectivity index (χ1n) is 9.28. The maximum Gasteiger partial charge on any atom is 0.278 e. The van der Waals surface area contributed by atoms with Crippen molar-refractivity contribution in [2.24, 2.45) is 11.3 Å². The topological polar surface area (TPSA) is 98.7 Å². The van der Waals surface area contributed by atoms with E-state index in [-0.39, 0.29) is 17.7 Å². The molecule has 8 heteroatoms. The molecule has 3 amide bonds. The Labute approximate surface area is 154 Å². The Morgan fingerprint density at radius 1 is 1.31 bits per heavy atom. The summed E-state index contributed by atoms with van der Waals surface area (Å²) in [5.74, 6) is -3.21. The van der Waals surface area contributed by atoms with Crippen molar-refractivity contribution in [1.82, 2.24) is 15.7 Å². The number of hydrogen-bond donors (Lipinski definition) is 3. The molecule has 0 radical (unpaired) electrons. The molecule has 1 heterocycles. The van der Waals surface area contributed by atoms with Crippen LogP contribution in [0.25, 0.3) is 0 Å². The zero-order valence-corrected chi connectivity index (χ0v) is 16.2. The van der Waals surface area contributed by atoms with E-state index < -0.39 is 29.9 Å². The molecule has 0 bridgehead atoms. The molecule has 3 N–H and O–H groups in total. The lowest BCUT2D eigenvalue weighted by molar-refractivity contribution is -0.149. The first-order chi connectivity index (χ1) is 12.1. The minimum absolute atomic E-state index is 0.0873. The van der Waals surface area contributed by atoms with Crippen molar-refractivity contribution in [3.8, 4) is 0 Å². The second kappa shape index (κ2) is 9.85. The number of unbranched alkanes of at least 4 members (excludes halogenated alkanes) is 1. The van der Waals surface area contributed by atoms with Crippen LogP contribution in [0.1, 0.15) is 59.8 Å². The highest BCUT2D eigenvalue weighted by Gasteiger charge is 2.41. The number of carbonyl (C=O) groups excluding carboxylic acids is 3. The van der Waals surface area contributed by atoms with Crippen molar-refractivity contribution in [1.29, 1.82) is 0 Å². The number of nitrogens with zero attached hydrogens (tertiary/aromatic N) is 1. The average molecular weight is 373 g/mol. The fourth-order valence-corrected chi connectivity index (χ4v) is 3.05. The lowest BCUT2D eigenvalue weighted by Gasteiger charge is -2.30. The third-order valence-electron chi connectivity index (χ3n) is 4.53. The summed E-state index contributed by atoms with van der Waals surface area (Å²) in [5.41, 5.74) is 1.19. The fourth-order valence-electron chi connectivity index (χ4n) is 3.05. The van der Waals surface area contributed by atoms with Gasteiger partial charge in [0, 0.05) is 13.1 Å². The molecular formula is C18H32FN3O4. The Bertz CT molecular complexity index is 507. The van der Waals surface area contributed by atoms with Crippen LogP contribution in [0.3, 0.4) is 0 Å². The third-order valence-corrected chi connectivity index (χ3v) is 4.53. The van der Waals surface area contributed by atoms with Crippen LogP contribution in [0, 0.1) is 11.3 Å². The normalized spacial score (nSPS) is 19.8. The molecule has 0 spiro atoms. The van der Waals surface area contributed by atoms with E-state index in [1.54, 1.807) is 0 Å². The third kappa shape index (κ3) is 6.23. The molecular weight excluding hydrogens is 341 g/mol. The lowest BCUT2D eigenvalue weighted by Crippen LogP contribution is -2.51. The number of hydroxylamine groups is 1. The smallest absolute Gasteiger partial charge is 0.278 e. The summed E-state index contributed by atoms with van der Waals surface area (Å²) in [7, 11) is 0. The molecule has 0 aliphatic carbocycles. The summed E-state index contributed by atoms with van der Waals surface area (Å²) in [4.78, 5) is 38.2. The molecule has 0 aromatic carbocycles. The largest absolute Gasteiger partial charge is 0.354 e. The number of nitrogens with one attached hydrogen (secondary N) is 2. The van der Waals surface area contributed by atoms with E-state index in [9.17, 15) is 18.8 Å². The van der Waals surface area contributed by atoms with E-state index in [1.165, 1.54) is 10.4 Å². The van der Waals surface area contributed by atoms with Crippen molar-refractivity contribution < 1.29 is 24.0 Å². The van der Waals surface area contributed by atoms with Gasteiger partial charge < -0.3 is 10.2 Å². The van der Waals surface area contributed by atoms with Gasteiger partial charge in [0.05, 0.1) is 5.92 Å². The van der Waals surface area contributed by atoms with Crippen LogP contribution >= 0.6 is 0 Å². The van der Waals surface area contributed by atoms with Crippen molar-refractivity contribution in [2.75, 3.05) is 13.1 Å². The summed E-state index contributed by atoms with van der Waals surface area (Å²) < 4.78 is 14.4. The van der Waals surface area contributed by atoms with Gasteiger partial charge in [-0.2, -0.15) is 0 Å². The van der Waals surface area contributed by atoms with Gasteiger partial charge in [-0.15, -0.1) is 0 Å². The highest BCUT2D eigenvalue weighted by atomic mass is 19.1. The molecule has 1 unspecified atom stereocenters. The minimum atomic E-state index is -2.14. The lowest BCUT2D eigenvalue weighted by atomic mass is 9.94. The highest BCUT2D eigenvalue weighted by molar-refractivity contribution is 5.92. The quantitative estimate of drug-likeness (QED) is 0.446. The highest BCUT2D eigenvalue weighted by Crippen LogP contribution is 2.26. The molecule has 150 valence electrons. The molecule has 0 aromatic heterocycles. The number of amides is 3. The van der Waals surface area contributed by atoms with Crippen molar-refractivity contribution >= 4 is 17.7 Å². The van der Waals surface area contributed by atoms with Crippen LogP contribution < -0.4 is 10.8 Å². The monoisotopic (exact) mass is 373 g/mol. The number of rotatable bonds is 8. The predicted molar refractivity (Wildman–Crippen MR) is 95.0 cm³/mol. The molecule has 1 fully saturated rings.